The predicted molar refractivity (Wildman–Crippen MR) is 118 cm³/mol. The van der Waals surface area contributed by atoms with Gasteiger partial charge in [-0.15, -0.1) is 0 Å². The van der Waals surface area contributed by atoms with Gasteiger partial charge < -0.3 is 9.55 Å². The van der Waals surface area contributed by atoms with E-state index in [4.69, 9.17) is 23.2 Å². The summed E-state index contributed by atoms with van der Waals surface area (Å²) in [4.78, 5) is 24.7. The number of nitrogens with one attached hydrogen (secondary N) is 1. The van der Waals surface area contributed by atoms with E-state index in [1.54, 1.807) is 25.4 Å². The Kier molecular flexibility index (Phi) is 5.26. The van der Waals surface area contributed by atoms with Crippen LogP contribution in [-0.4, -0.2) is 33.6 Å². The van der Waals surface area contributed by atoms with E-state index < -0.39 is 0 Å². The van der Waals surface area contributed by atoms with E-state index in [0.29, 0.717) is 33.7 Å². The normalized spacial score (nSPS) is 11.6. The van der Waals surface area contributed by atoms with Crippen LogP contribution in [0.15, 0.2) is 53.7 Å². The number of ketones is 1. The molecule has 0 fully saturated rings. The molecule has 29 heavy (non-hydrogen) atoms. The second-order valence-electron chi connectivity index (χ2n) is 6.74. The Morgan fingerprint density at radius 2 is 2.03 bits per heavy atom. The zero-order chi connectivity index (χ0) is 20.5. The number of aliphatic imine (C=N–C) groups is 1. The molecule has 0 bridgehead atoms. The highest BCUT2D eigenvalue weighted by Gasteiger charge is 2.20. The summed E-state index contributed by atoms with van der Waals surface area (Å²) < 4.78 is 2.00. The first-order valence-corrected chi connectivity index (χ1v) is 9.78. The number of H-pyrrole nitrogens is 1. The number of carbonyl (C=O) groups is 1. The number of rotatable bonds is 5. The van der Waals surface area contributed by atoms with Crippen molar-refractivity contribution >= 4 is 46.1 Å². The summed E-state index contributed by atoms with van der Waals surface area (Å²) in [6.45, 7) is 2.36. The number of imidazole rings is 1. The predicted octanol–water partition coefficient (Wildman–Crippen LogP) is 5.31. The van der Waals surface area contributed by atoms with Crippen LogP contribution in [0.3, 0.4) is 0 Å². The smallest absolute Gasteiger partial charge is 0.230 e. The minimum absolute atomic E-state index is 0.170. The van der Waals surface area contributed by atoms with E-state index in [1.165, 1.54) is 0 Å². The molecule has 0 radical (unpaired) electrons. The number of nitrogens with zero attached hydrogens (tertiary/aromatic N) is 3. The fourth-order valence-corrected chi connectivity index (χ4v) is 3.74. The van der Waals surface area contributed by atoms with Gasteiger partial charge in [-0.3, -0.25) is 9.79 Å². The molecule has 0 atom stereocenters. The van der Waals surface area contributed by atoms with Crippen LogP contribution in [0.2, 0.25) is 10.0 Å². The molecule has 0 spiro atoms. The van der Waals surface area contributed by atoms with Crippen molar-refractivity contribution < 1.29 is 4.79 Å². The lowest BCUT2D eigenvalue weighted by molar-refractivity contribution is 0.103. The molecule has 0 saturated carbocycles. The molecular formula is C22H18Cl2N4O. The van der Waals surface area contributed by atoms with Gasteiger partial charge in [0.25, 0.3) is 0 Å². The van der Waals surface area contributed by atoms with E-state index in [2.05, 4.69) is 15.0 Å². The van der Waals surface area contributed by atoms with Crippen molar-refractivity contribution in [2.45, 2.75) is 13.5 Å². The van der Waals surface area contributed by atoms with Crippen LogP contribution in [0.1, 0.15) is 33.1 Å². The summed E-state index contributed by atoms with van der Waals surface area (Å²) in [7, 11) is 1.67. The van der Waals surface area contributed by atoms with E-state index in [-0.39, 0.29) is 5.78 Å². The largest absolute Gasteiger partial charge is 0.342 e. The molecule has 1 N–H and O–H groups in total. The number of aromatic nitrogens is 3. The Morgan fingerprint density at radius 1 is 1.24 bits per heavy atom. The second-order valence-corrected chi connectivity index (χ2v) is 7.58. The van der Waals surface area contributed by atoms with Crippen LogP contribution in [0, 0.1) is 6.92 Å². The fourth-order valence-electron chi connectivity index (χ4n) is 3.36. The highest BCUT2D eigenvalue weighted by Crippen LogP contribution is 2.27. The van der Waals surface area contributed by atoms with Gasteiger partial charge in [-0.2, -0.15) is 0 Å². The minimum atomic E-state index is -0.170. The molecule has 0 aliphatic rings. The highest BCUT2D eigenvalue weighted by molar-refractivity contribution is 6.33. The molecule has 4 aromatic rings. The standard InChI is InChI=1S/C22H18Cl2N4O/c1-13-19(10-25-2)27-22(26-13)21(29)17-12-28(20-6-4-3-5-16(17)20)11-14-9-15(23)7-8-18(14)24/h3-10,12H,11H2,1-2H3,(H,26,27). The SMILES string of the molecule is CN=Cc1nc(C(=O)c2cn(Cc3cc(Cl)ccc3Cl)c3ccccc23)[nH]c1C. The van der Waals surface area contributed by atoms with Gasteiger partial charge in [0, 0.05) is 52.6 Å². The second kappa shape index (κ2) is 7.85. The topological polar surface area (TPSA) is 63.0 Å². The lowest BCUT2D eigenvalue weighted by atomic mass is 10.1. The maximum absolute atomic E-state index is 13.2. The molecule has 146 valence electrons. The maximum atomic E-state index is 13.2. The molecule has 0 saturated heterocycles. The minimum Gasteiger partial charge on any atom is -0.342 e. The molecular weight excluding hydrogens is 407 g/mol. The van der Waals surface area contributed by atoms with Gasteiger partial charge in [-0.1, -0.05) is 41.4 Å². The van der Waals surface area contributed by atoms with Crippen LogP contribution in [0.4, 0.5) is 0 Å². The summed E-state index contributed by atoms with van der Waals surface area (Å²) in [5.41, 5.74) is 3.85. The average molecular weight is 425 g/mol. The zero-order valence-corrected chi connectivity index (χ0v) is 17.4. The van der Waals surface area contributed by atoms with Crippen LogP contribution in [-0.2, 0) is 6.54 Å². The summed E-state index contributed by atoms with van der Waals surface area (Å²) in [6, 6.07) is 13.1. The van der Waals surface area contributed by atoms with Crippen molar-refractivity contribution in [1.29, 1.82) is 0 Å². The average Bonchev–Trinajstić information content (AvgIpc) is 3.26. The Labute approximate surface area is 178 Å². The lowest BCUT2D eigenvalue weighted by Crippen LogP contribution is -2.04. The Morgan fingerprint density at radius 3 is 2.83 bits per heavy atom. The molecule has 0 amide bonds. The highest BCUT2D eigenvalue weighted by atomic mass is 35.5. The number of benzene rings is 2. The first kappa shape index (κ1) is 19.4. The van der Waals surface area contributed by atoms with Crippen molar-refractivity contribution in [2.24, 2.45) is 4.99 Å². The van der Waals surface area contributed by atoms with Gasteiger partial charge in [0.05, 0.1) is 5.56 Å². The molecule has 0 unspecified atom stereocenters. The third-order valence-electron chi connectivity index (χ3n) is 4.77. The van der Waals surface area contributed by atoms with Crippen LogP contribution in [0.25, 0.3) is 10.9 Å². The van der Waals surface area contributed by atoms with Gasteiger partial charge in [-0.25, -0.2) is 4.98 Å². The molecule has 0 aliphatic carbocycles. The van der Waals surface area contributed by atoms with Gasteiger partial charge in [0.15, 0.2) is 5.82 Å². The van der Waals surface area contributed by atoms with Gasteiger partial charge >= 0.3 is 0 Å². The van der Waals surface area contributed by atoms with E-state index >= 15 is 0 Å². The summed E-state index contributed by atoms with van der Waals surface area (Å²) in [5.74, 6) is 0.122. The van der Waals surface area contributed by atoms with Crippen LogP contribution >= 0.6 is 23.2 Å². The maximum Gasteiger partial charge on any atom is 0.230 e. The number of aromatic amines is 1. The first-order valence-electron chi connectivity index (χ1n) is 9.03. The van der Waals surface area contributed by atoms with E-state index in [1.807, 2.05) is 48.0 Å². The van der Waals surface area contributed by atoms with Crippen molar-refractivity contribution in [2.75, 3.05) is 7.05 Å². The summed E-state index contributed by atoms with van der Waals surface area (Å²) >= 11 is 12.5. The molecule has 2 aromatic heterocycles. The van der Waals surface area contributed by atoms with Crippen molar-refractivity contribution in [3.8, 4) is 0 Å². The lowest BCUT2D eigenvalue weighted by Gasteiger charge is -2.08. The van der Waals surface area contributed by atoms with E-state index in [0.717, 1.165) is 22.2 Å². The van der Waals surface area contributed by atoms with Gasteiger partial charge in [-0.05, 0) is 36.8 Å². The number of aryl methyl sites for hydroxylation is 1. The van der Waals surface area contributed by atoms with Crippen molar-refractivity contribution in [1.82, 2.24) is 14.5 Å². The Hall–Kier alpha value is -2.89. The monoisotopic (exact) mass is 424 g/mol. The molecule has 2 aromatic carbocycles. The first-order chi connectivity index (χ1) is 14.0. The molecule has 0 aliphatic heterocycles. The van der Waals surface area contributed by atoms with E-state index in [9.17, 15) is 4.79 Å². The number of hydrogen-bond acceptors (Lipinski definition) is 3. The van der Waals surface area contributed by atoms with Crippen molar-refractivity contribution in [3.63, 3.8) is 0 Å². The number of para-hydroxylation sites is 1. The Balaban J connectivity index is 1.79. The molecule has 5 nitrogen and oxygen atoms in total. The van der Waals surface area contributed by atoms with Crippen LogP contribution in [0.5, 0.6) is 0 Å². The molecule has 4 rings (SSSR count). The fraction of sp³-hybridized carbons (Fsp3) is 0.136. The third-order valence-corrected chi connectivity index (χ3v) is 5.37. The number of hydrogen-bond donors (Lipinski definition) is 1. The zero-order valence-electron chi connectivity index (χ0n) is 15.9. The molecule has 2 heterocycles. The Bertz CT molecular complexity index is 1250. The van der Waals surface area contributed by atoms with Crippen molar-refractivity contribution in [3.05, 3.63) is 87.0 Å². The van der Waals surface area contributed by atoms with Gasteiger partial charge in [0.1, 0.15) is 5.69 Å². The number of fused-ring (bicyclic) bond motifs is 1. The summed E-state index contributed by atoms with van der Waals surface area (Å²) in [6.07, 6.45) is 3.47. The number of halogens is 2. The quantitative estimate of drug-likeness (QED) is 0.348. The number of carbonyl (C=O) groups excluding carboxylic acids is 1. The molecule has 7 heteroatoms. The van der Waals surface area contributed by atoms with Crippen LogP contribution < -0.4 is 0 Å². The third kappa shape index (κ3) is 3.71. The van der Waals surface area contributed by atoms with Gasteiger partial charge in [0.2, 0.25) is 5.78 Å². The summed E-state index contributed by atoms with van der Waals surface area (Å²) in [5, 5.41) is 2.11.